The van der Waals surface area contributed by atoms with Crippen molar-refractivity contribution in [3.05, 3.63) is 24.5 Å². The Morgan fingerprint density at radius 3 is 2.37 bits per heavy atom. The molecule has 0 atom stereocenters. The summed E-state index contributed by atoms with van der Waals surface area (Å²) in [4.78, 5) is 19.1. The van der Waals surface area contributed by atoms with E-state index in [0.717, 1.165) is 25.9 Å². The molecular formula is C19H30N4O3S. The summed E-state index contributed by atoms with van der Waals surface area (Å²) in [5, 5.41) is 3.19. The average Bonchev–Trinajstić information content (AvgIpc) is 2.69. The average molecular weight is 395 g/mol. The zero-order valence-electron chi connectivity index (χ0n) is 16.2. The summed E-state index contributed by atoms with van der Waals surface area (Å²) in [6.07, 6.45) is 6.03. The molecule has 0 radical (unpaired) electrons. The van der Waals surface area contributed by atoms with Crippen molar-refractivity contribution in [3.63, 3.8) is 0 Å². The molecule has 2 fully saturated rings. The van der Waals surface area contributed by atoms with Crippen LogP contribution >= 0.6 is 0 Å². The molecule has 1 aromatic rings. The monoisotopic (exact) mass is 394 g/mol. The van der Waals surface area contributed by atoms with Gasteiger partial charge in [0.15, 0.2) is 0 Å². The van der Waals surface area contributed by atoms with Crippen LogP contribution in [0.25, 0.3) is 0 Å². The quantitative estimate of drug-likeness (QED) is 0.818. The summed E-state index contributed by atoms with van der Waals surface area (Å²) in [5.41, 5.74) is 0. The lowest BCUT2D eigenvalue weighted by molar-refractivity contribution is -0.127. The minimum atomic E-state index is -3.52. The maximum atomic E-state index is 12.6. The Bertz CT molecular complexity index is 723. The molecule has 150 valence electrons. The van der Waals surface area contributed by atoms with Crippen molar-refractivity contribution in [1.29, 1.82) is 0 Å². The van der Waals surface area contributed by atoms with E-state index in [9.17, 15) is 13.2 Å². The van der Waals surface area contributed by atoms with Crippen molar-refractivity contribution in [2.45, 2.75) is 56.5 Å². The summed E-state index contributed by atoms with van der Waals surface area (Å²) in [7, 11) is -3.52. The van der Waals surface area contributed by atoms with E-state index in [0.29, 0.717) is 32.0 Å². The third kappa shape index (κ3) is 4.86. The summed E-state index contributed by atoms with van der Waals surface area (Å²) in [5.74, 6) is -0.0232. The third-order valence-electron chi connectivity index (χ3n) is 5.70. The number of hydrogen-bond acceptors (Lipinski definition) is 5. The van der Waals surface area contributed by atoms with Crippen LogP contribution in [0.4, 0.5) is 0 Å². The van der Waals surface area contributed by atoms with Crippen molar-refractivity contribution >= 4 is 15.9 Å². The van der Waals surface area contributed by atoms with Gasteiger partial charge in [-0.05, 0) is 51.7 Å². The number of pyridine rings is 1. The van der Waals surface area contributed by atoms with Crippen LogP contribution in [-0.4, -0.2) is 66.8 Å². The number of rotatable bonds is 5. The van der Waals surface area contributed by atoms with Crippen molar-refractivity contribution in [1.82, 2.24) is 19.5 Å². The molecule has 7 nitrogen and oxygen atoms in total. The molecule has 1 amide bonds. The number of hydrogen-bond donors (Lipinski definition) is 1. The largest absolute Gasteiger partial charge is 0.353 e. The van der Waals surface area contributed by atoms with E-state index in [-0.39, 0.29) is 22.8 Å². The first kappa shape index (κ1) is 20.2. The first-order valence-corrected chi connectivity index (χ1v) is 11.3. The van der Waals surface area contributed by atoms with E-state index in [2.05, 4.69) is 29.0 Å². The maximum Gasteiger partial charge on any atom is 0.244 e. The Labute approximate surface area is 162 Å². The van der Waals surface area contributed by atoms with Crippen LogP contribution in [-0.2, 0) is 14.8 Å². The molecule has 1 N–H and O–H groups in total. The standard InChI is InChI=1S/C19H30N4O3S/c1-15(2)22-10-7-17(8-11-22)21-19(24)16-5-12-23(13-6-16)27(25,26)18-4-3-9-20-14-18/h3-4,9,14-17H,5-8,10-13H2,1-2H3,(H,21,24). The van der Waals surface area contributed by atoms with Crippen LogP contribution in [0.2, 0.25) is 0 Å². The topological polar surface area (TPSA) is 82.6 Å². The highest BCUT2D eigenvalue weighted by Gasteiger charge is 2.33. The molecule has 0 aliphatic carbocycles. The van der Waals surface area contributed by atoms with E-state index in [1.807, 2.05) is 0 Å². The molecule has 27 heavy (non-hydrogen) atoms. The molecule has 2 saturated heterocycles. The van der Waals surface area contributed by atoms with Gasteiger partial charge in [0.1, 0.15) is 4.90 Å². The predicted molar refractivity (Wildman–Crippen MR) is 104 cm³/mol. The molecule has 3 rings (SSSR count). The van der Waals surface area contributed by atoms with Crippen molar-refractivity contribution < 1.29 is 13.2 Å². The number of amides is 1. The molecule has 0 saturated carbocycles. The highest BCUT2D eigenvalue weighted by molar-refractivity contribution is 7.89. The molecule has 1 aromatic heterocycles. The molecule has 3 heterocycles. The van der Waals surface area contributed by atoms with Gasteiger partial charge in [-0.3, -0.25) is 9.78 Å². The van der Waals surface area contributed by atoms with Gasteiger partial charge >= 0.3 is 0 Å². The van der Waals surface area contributed by atoms with Crippen molar-refractivity contribution in [3.8, 4) is 0 Å². The van der Waals surface area contributed by atoms with E-state index in [1.165, 1.54) is 10.5 Å². The highest BCUT2D eigenvalue weighted by atomic mass is 32.2. The minimum Gasteiger partial charge on any atom is -0.353 e. The molecule has 0 bridgehead atoms. The van der Waals surface area contributed by atoms with Gasteiger partial charge in [-0.15, -0.1) is 0 Å². The molecule has 0 aromatic carbocycles. The van der Waals surface area contributed by atoms with Crippen LogP contribution in [0, 0.1) is 5.92 Å². The van der Waals surface area contributed by atoms with Crippen molar-refractivity contribution in [2.75, 3.05) is 26.2 Å². The number of likely N-dealkylation sites (tertiary alicyclic amines) is 1. The minimum absolute atomic E-state index is 0.0800. The van der Waals surface area contributed by atoms with E-state index in [4.69, 9.17) is 0 Å². The molecule has 8 heteroatoms. The summed E-state index contributed by atoms with van der Waals surface area (Å²) >= 11 is 0. The fourth-order valence-electron chi connectivity index (χ4n) is 3.89. The second kappa shape index (κ2) is 8.67. The van der Waals surface area contributed by atoms with Gasteiger partial charge < -0.3 is 10.2 Å². The molecular weight excluding hydrogens is 364 g/mol. The third-order valence-corrected chi connectivity index (χ3v) is 7.59. The normalized spacial score (nSPS) is 21.4. The van der Waals surface area contributed by atoms with Gasteiger partial charge in [-0.1, -0.05) is 0 Å². The number of nitrogens with one attached hydrogen (secondary N) is 1. The molecule has 2 aliphatic rings. The van der Waals surface area contributed by atoms with Crippen LogP contribution in [0.5, 0.6) is 0 Å². The van der Waals surface area contributed by atoms with Crippen LogP contribution in [0.1, 0.15) is 39.5 Å². The van der Waals surface area contributed by atoms with E-state index < -0.39 is 10.0 Å². The van der Waals surface area contributed by atoms with E-state index in [1.54, 1.807) is 18.3 Å². The fraction of sp³-hybridized carbons (Fsp3) is 0.684. The summed E-state index contributed by atoms with van der Waals surface area (Å²) in [6.45, 7) is 7.19. The number of sulfonamides is 1. The van der Waals surface area contributed by atoms with Gasteiger partial charge in [0.2, 0.25) is 15.9 Å². The maximum absolute atomic E-state index is 12.6. The molecule has 0 spiro atoms. The van der Waals surface area contributed by atoms with Gasteiger partial charge in [-0.2, -0.15) is 4.31 Å². The van der Waals surface area contributed by atoms with Gasteiger partial charge in [0.05, 0.1) is 0 Å². The zero-order valence-corrected chi connectivity index (χ0v) is 17.0. The predicted octanol–water partition coefficient (Wildman–Crippen LogP) is 1.47. The first-order valence-electron chi connectivity index (χ1n) is 9.82. The Morgan fingerprint density at radius 1 is 1.15 bits per heavy atom. The summed E-state index contributed by atoms with van der Waals surface area (Å²) < 4.78 is 26.8. The van der Waals surface area contributed by atoms with Gasteiger partial charge in [0, 0.05) is 56.6 Å². The molecule has 2 aliphatic heterocycles. The van der Waals surface area contributed by atoms with Crippen LogP contribution < -0.4 is 5.32 Å². The number of aromatic nitrogens is 1. The first-order chi connectivity index (χ1) is 12.9. The summed E-state index contributed by atoms with van der Waals surface area (Å²) in [6, 6.07) is 3.97. The van der Waals surface area contributed by atoms with Gasteiger partial charge in [0.25, 0.3) is 0 Å². The lowest BCUT2D eigenvalue weighted by Crippen LogP contribution is -2.49. The van der Waals surface area contributed by atoms with Crippen LogP contribution in [0.3, 0.4) is 0 Å². The smallest absolute Gasteiger partial charge is 0.244 e. The second-order valence-electron chi connectivity index (χ2n) is 7.78. The fourth-order valence-corrected chi connectivity index (χ4v) is 5.32. The number of piperidine rings is 2. The van der Waals surface area contributed by atoms with Crippen molar-refractivity contribution in [2.24, 2.45) is 5.92 Å². The Morgan fingerprint density at radius 2 is 1.81 bits per heavy atom. The lowest BCUT2D eigenvalue weighted by atomic mass is 9.95. The number of carbonyl (C=O) groups excluding carboxylic acids is 1. The highest BCUT2D eigenvalue weighted by Crippen LogP contribution is 2.24. The number of carbonyl (C=O) groups is 1. The Hall–Kier alpha value is -1.51. The zero-order chi connectivity index (χ0) is 19.4. The number of nitrogens with zero attached hydrogens (tertiary/aromatic N) is 3. The Kier molecular flexibility index (Phi) is 6.49. The van der Waals surface area contributed by atoms with Crippen LogP contribution in [0.15, 0.2) is 29.4 Å². The Balaban J connectivity index is 1.48. The molecule has 0 unspecified atom stereocenters. The SMILES string of the molecule is CC(C)N1CCC(NC(=O)C2CCN(S(=O)(=O)c3cccnc3)CC2)CC1. The van der Waals surface area contributed by atoms with Gasteiger partial charge in [-0.25, -0.2) is 8.42 Å². The van der Waals surface area contributed by atoms with E-state index >= 15 is 0 Å². The lowest BCUT2D eigenvalue weighted by Gasteiger charge is -2.36. The second-order valence-corrected chi connectivity index (χ2v) is 9.72.